The minimum Gasteiger partial charge on any atom is -0.369 e. The zero-order valence-corrected chi connectivity index (χ0v) is 15.8. The Morgan fingerprint density at radius 2 is 2.15 bits per heavy atom. The zero-order chi connectivity index (χ0) is 14.5. The summed E-state index contributed by atoms with van der Waals surface area (Å²) >= 11 is 7.52. The Morgan fingerprint density at radius 1 is 1.35 bits per heavy atom. The second kappa shape index (κ2) is 7.61. The first-order valence-corrected chi connectivity index (χ1v) is 9.11. The highest BCUT2D eigenvalue weighted by Gasteiger charge is 2.09. The summed E-state index contributed by atoms with van der Waals surface area (Å²) < 4.78 is 2.19. The summed E-state index contributed by atoms with van der Waals surface area (Å²) in [4.78, 5) is 10.4. The minimum atomic E-state index is 0.770. The van der Waals surface area contributed by atoms with Crippen LogP contribution in [0.5, 0.6) is 0 Å². The highest BCUT2D eigenvalue weighted by Crippen LogP contribution is 2.26. The number of rotatable bonds is 5. The molecule has 0 saturated carbocycles. The molecule has 0 fully saturated rings. The number of thioether (sulfide) groups is 1. The van der Waals surface area contributed by atoms with Crippen molar-refractivity contribution in [2.75, 3.05) is 11.9 Å². The predicted molar refractivity (Wildman–Crippen MR) is 97.4 cm³/mol. The molecule has 20 heavy (non-hydrogen) atoms. The largest absolute Gasteiger partial charge is 0.369 e. The lowest BCUT2D eigenvalue weighted by Crippen LogP contribution is -2.07. The predicted octanol–water partition coefficient (Wildman–Crippen LogP) is 4.88. The third kappa shape index (κ3) is 4.33. The van der Waals surface area contributed by atoms with Crippen LogP contribution < -0.4 is 5.32 Å². The number of nitrogens with one attached hydrogen (secondary N) is 1. The Kier molecular flexibility index (Phi) is 6.10. The van der Waals surface area contributed by atoms with Gasteiger partial charge >= 0.3 is 0 Å². The second-order valence-electron chi connectivity index (χ2n) is 4.16. The van der Waals surface area contributed by atoms with E-state index in [1.165, 1.54) is 4.90 Å². The van der Waals surface area contributed by atoms with Crippen LogP contribution in [0.15, 0.2) is 33.6 Å². The molecule has 0 saturated heterocycles. The molecule has 0 aliphatic heterocycles. The first-order valence-electron chi connectivity index (χ1n) is 6.25. The quantitative estimate of drug-likeness (QED) is 0.506. The molecule has 2 aromatic rings. The summed E-state index contributed by atoms with van der Waals surface area (Å²) in [7, 11) is 0. The van der Waals surface area contributed by atoms with Crippen LogP contribution in [0.1, 0.15) is 18.4 Å². The van der Waals surface area contributed by atoms with Gasteiger partial charge in [-0.3, -0.25) is 0 Å². The number of halogens is 2. The SMILES string of the molecule is CCNc1nc(CSc2cccc(Br)c2)nc(C)c1I. The normalized spacial score (nSPS) is 10.6. The summed E-state index contributed by atoms with van der Waals surface area (Å²) in [5.74, 6) is 2.57. The van der Waals surface area contributed by atoms with Gasteiger partial charge in [-0.2, -0.15) is 0 Å². The molecule has 1 aromatic carbocycles. The molecule has 1 heterocycles. The summed E-state index contributed by atoms with van der Waals surface area (Å²) in [6.07, 6.45) is 0. The second-order valence-corrected chi connectivity index (χ2v) is 7.21. The molecule has 106 valence electrons. The third-order valence-electron chi connectivity index (χ3n) is 2.57. The standard InChI is InChI=1S/C14H15BrIN3S/c1-3-17-14-13(16)9(2)18-12(19-14)8-20-11-6-4-5-10(15)7-11/h4-7H,3,8H2,1-2H3,(H,17,18,19). The molecule has 0 spiro atoms. The maximum absolute atomic E-state index is 4.60. The Labute approximate surface area is 145 Å². The van der Waals surface area contributed by atoms with E-state index in [1.807, 2.05) is 19.1 Å². The topological polar surface area (TPSA) is 37.8 Å². The van der Waals surface area contributed by atoms with E-state index < -0.39 is 0 Å². The van der Waals surface area contributed by atoms with E-state index in [2.05, 4.69) is 72.9 Å². The number of anilines is 1. The molecule has 0 radical (unpaired) electrons. The summed E-state index contributed by atoms with van der Waals surface area (Å²) in [5.41, 5.74) is 1.03. The van der Waals surface area contributed by atoms with Gasteiger partial charge in [0.1, 0.15) is 11.6 Å². The number of aryl methyl sites for hydroxylation is 1. The monoisotopic (exact) mass is 463 g/mol. The highest BCUT2D eigenvalue weighted by atomic mass is 127. The van der Waals surface area contributed by atoms with E-state index in [0.29, 0.717) is 0 Å². The van der Waals surface area contributed by atoms with Crippen molar-refractivity contribution in [2.24, 2.45) is 0 Å². The van der Waals surface area contributed by atoms with E-state index in [0.717, 1.165) is 37.7 Å². The average Bonchev–Trinajstić information content (AvgIpc) is 2.42. The van der Waals surface area contributed by atoms with Crippen molar-refractivity contribution in [3.8, 4) is 0 Å². The lowest BCUT2D eigenvalue weighted by Gasteiger charge is -2.10. The van der Waals surface area contributed by atoms with E-state index >= 15 is 0 Å². The van der Waals surface area contributed by atoms with Crippen molar-refractivity contribution in [2.45, 2.75) is 24.5 Å². The van der Waals surface area contributed by atoms with Crippen molar-refractivity contribution in [1.29, 1.82) is 0 Å². The van der Waals surface area contributed by atoms with Gasteiger partial charge in [-0.05, 0) is 54.6 Å². The molecule has 2 rings (SSSR count). The third-order valence-corrected chi connectivity index (χ3v) is 5.35. The van der Waals surface area contributed by atoms with Crippen molar-refractivity contribution < 1.29 is 0 Å². The van der Waals surface area contributed by atoms with Crippen LogP contribution in [0.2, 0.25) is 0 Å². The van der Waals surface area contributed by atoms with Gasteiger partial charge in [0.2, 0.25) is 0 Å². The average molecular weight is 464 g/mol. The molecule has 0 aliphatic rings. The van der Waals surface area contributed by atoms with Crippen LogP contribution in [-0.4, -0.2) is 16.5 Å². The molecule has 0 aliphatic carbocycles. The highest BCUT2D eigenvalue weighted by molar-refractivity contribution is 14.1. The van der Waals surface area contributed by atoms with Gasteiger partial charge < -0.3 is 5.32 Å². The van der Waals surface area contributed by atoms with Crippen LogP contribution in [-0.2, 0) is 5.75 Å². The molecule has 0 unspecified atom stereocenters. The molecule has 1 aromatic heterocycles. The van der Waals surface area contributed by atoms with E-state index in [1.54, 1.807) is 11.8 Å². The van der Waals surface area contributed by atoms with Crippen molar-refractivity contribution in [3.05, 3.63) is 43.8 Å². The number of hydrogen-bond acceptors (Lipinski definition) is 4. The van der Waals surface area contributed by atoms with Crippen LogP contribution in [0.4, 0.5) is 5.82 Å². The number of hydrogen-bond donors (Lipinski definition) is 1. The van der Waals surface area contributed by atoms with E-state index in [9.17, 15) is 0 Å². The van der Waals surface area contributed by atoms with Crippen LogP contribution in [0.3, 0.4) is 0 Å². The lowest BCUT2D eigenvalue weighted by molar-refractivity contribution is 0.974. The fourth-order valence-corrected chi connectivity index (χ4v) is 3.46. The maximum Gasteiger partial charge on any atom is 0.143 e. The van der Waals surface area contributed by atoms with Crippen LogP contribution in [0, 0.1) is 10.5 Å². The first kappa shape index (κ1) is 16.0. The van der Waals surface area contributed by atoms with Gasteiger partial charge in [-0.1, -0.05) is 22.0 Å². The minimum absolute atomic E-state index is 0.770. The van der Waals surface area contributed by atoms with Gasteiger partial charge in [-0.25, -0.2) is 9.97 Å². The van der Waals surface area contributed by atoms with Gasteiger partial charge in [-0.15, -0.1) is 11.8 Å². The summed E-state index contributed by atoms with van der Waals surface area (Å²) in [5, 5.41) is 3.29. The van der Waals surface area contributed by atoms with E-state index in [4.69, 9.17) is 0 Å². The van der Waals surface area contributed by atoms with Crippen molar-refractivity contribution in [3.63, 3.8) is 0 Å². The Balaban J connectivity index is 2.13. The van der Waals surface area contributed by atoms with E-state index in [-0.39, 0.29) is 0 Å². The van der Waals surface area contributed by atoms with Crippen molar-refractivity contribution >= 4 is 56.1 Å². The lowest BCUT2D eigenvalue weighted by atomic mass is 10.4. The van der Waals surface area contributed by atoms with Crippen LogP contribution in [0.25, 0.3) is 0 Å². The number of aromatic nitrogens is 2. The fraction of sp³-hybridized carbons (Fsp3) is 0.286. The summed E-state index contributed by atoms with van der Waals surface area (Å²) in [6, 6.07) is 8.27. The Hall–Kier alpha value is -0.340. The molecule has 1 N–H and O–H groups in total. The van der Waals surface area contributed by atoms with Crippen LogP contribution >= 0.6 is 50.3 Å². The molecular formula is C14H15BrIN3S. The van der Waals surface area contributed by atoms with Gasteiger partial charge in [0.25, 0.3) is 0 Å². The maximum atomic E-state index is 4.60. The molecular weight excluding hydrogens is 449 g/mol. The van der Waals surface area contributed by atoms with Crippen molar-refractivity contribution in [1.82, 2.24) is 9.97 Å². The Bertz CT molecular complexity index is 607. The zero-order valence-electron chi connectivity index (χ0n) is 11.3. The Morgan fingerprint density at radius 3 is 2.85 bits per heavy atom. The molecule has 0 bridgehead atoms. The number of benzene rings is 1. The van der Waals surface area contributed by atoms with Gasteiger partial charge in [0.05, 0.1) is 15.0 Å². The fourth-order valence-electron chi connectivity index (χ4n) is 1.67. The molecule has 0 amide bonds. The first-order chi connectivity index (χ1) is 9.60. The van der Waals surface area contributed by atoms with Gasteiger partial charge in [0, 0.05) is 15.9 Å². The van der Waals surface area contributed by atoms with Gasteiger partial charge in [0.15, 0.2) is 0 Å². The number of nitrogens with zero attached hydrogens (tertiary/aromatic N) is 2. The summed E-state index contributed by atoms with van der Waals surface area (Å²) in [6.45, 7) is 4.96. The molecule has 0 atom stereocenters. The smallest absolute Gasteiger partial charge is 0.143 e. The molecule has 3 nitrogen and oxygen atoms in total. The molecule has 6 heteroatoms.